The summed E-state index contributed by atoms with van der Waals surface area (Å²) in [5.74, 6) is 0.342. The average molecular weight is 159 g/mol. The topological polar surface area (TPSA) is 40.5 Å². The zero-order valence-corrected chi connectivity index (χ0v) is 6.28. The lowest BCUT2D eigenvalue weighted by Crippen LogP contribution is -1.72. The molecule has 59 valence electrons. The van der Waals surface area contributed by atoms with Crippen molar-refractivity contribution in [1.29, 1.82) is 0 Å². The third kappa shape index (κ3) is 1.07. The Hall–Kier alpha value is -1.70. The zero-order chi connectivity index (χ0) is 8.55. The van der Waals surface area contributed by atoms with Gasteiger partial charge in [-0.3, -0.25) is 0 Å². The van der Waals surface area contributed by atoms with Crippen LogP contribution in [0.2, 0.25) is 0 Å². The summed E-state index contributed by atoms with van der Waals surface area (Å²) in [6.45, 7) is 0. The Balaban J connectivity index is 2.79. The fourth-order valence-corrected chi connectivity index (χ4v) is 1.16. The summed E-state index contributed by atoms with van der Waals surface area (Å²) >= 11 is 0. The van der Waals surface area contributed by atoms with Gasteiger partial charge >= 0.3 is 0 Å². The molecule has 2 nitrogen and oxygen atoms in total. The van der Waals surface area contributed by atoms with Crippen LogP contribution in [0.25, 0.3) is 10.8 Å². The van der Waals surface area contributed by atoms with Crippen molar-refractivity contribution < 1.29 is 10.2 Å². The molecule has 0 atom stereocenters. The maximum Gasteiger partial charge on any atom is 0.124 e. The molecule has 0 fully saturated rings. The van der Waals surface area contributed by atoms with E-state index in [0.717, 1.165) is 10.8 Å². The van der Waals surface area contributed by atoms with E-state index in [1.54, 1.807) is 30.3 Å². The molecule has 0 saturated carbocycles. The van der Waals surface area contributed by atoms with E-state index in [1.165, 1.54) is 0 Å². The first-order valence-electron chi connectivity index (χ1n) is 3.59. The Morgan fingerprint density at radius 3 is 2.67 bits per heavy atom. The molecule has 2 aromatic carbocycles. The van der Waals surface area contributed by atoms with Crippen molar-refractivity contribution >= 4 is 10.8 Å². The molecule has 0 unspecified atom stereocenters. The van der Waals surface area contributed by atoms with Crippen LogP contribution in [-0.4, -0.2) is 10.2 Å². The van der Waals surface area contributed by atoms with E-state index in [0.29, 0.717) is 0 Å². The van der Waals surface area contributed by atoms with Gasteiger partial charge in [0.05, 0.1) is 0 Å². The molecule has 0 aliphatic heterocycles. The van der Waals surface area contributed by atoms with Gasteiger partial charge in [0, 0.05) is 6.07 Å². The van der Waals surface area contributed by atoms with Crippen LogP contribution in [-0.2, 0) is 0 Å². The quantitative estimate of drug-likeness (QED) is 0.617. The molecule has 1 radical (unpaired) electrons. The smallest absolute Gasteiger partial charge is 0.124 e. The Labute approximate surface area is 69.7 Å². The first-order valence-corrected chi connectivity index (χ1v) is 3.59. The molecular formula is C10H7O2. The predicted octanol–water partition coefficient (Wildman–Crippen LogP) is 2.05. The van der Waals surface area contributed by atoms with E-state index in [2.05, 4.69) is 6.07 Å². The van der Waals surface area contributed by atoms with Gasteiger partial charge in [-0.2, -0.15) is 0 Å². The summed E-state index contributed by atoms with van der Waals surface area (Å²) in [5, 5.41) is 20.0. The molecule has 0 amide bonds. The van der Waals surface area contributed by atoms with Crippen LogP contribution in [0.3, 0.4) is 0 Å². The van der Waals surface area contributed by atoms with Crippen LogP contribution >= 0.6 is 0 Å². The molecule has 0 aromatic heterocycles. The molecule has 0 heterocycles. The van der Waals surface area contributed by atoms with Gasteiger partial charge in [0.15, 0.2) is 0 Å². The summed E-state index contributed by atoms with van der Waals surface area (Å²) in [4.78, 5) is 0. The van der Waals surface area contributed by atoms with Gasteiger partial charge in [-0.1, -0.05) is 6.07 Å². The van der Waals surface area contributed by atoms with Gasteiger partial charge in [0.25, 0.3) is 0 Å². The second kappa shape index (κ2) is 2.41. The lowest BCUT2D eigenvalue weighted by atomic mass is 10.1. The van der Waals surface area contributed by atoms with Crippen LogP contribution in [0, 0.1) is 6.07 Å². The maximum absolute atomic E-state index is 9.12. The predicted molar refractivity (Wildman–Crippen MR) is 46.1 cm³/mol. The lowest BCUT2D eigenvalue weighted by molar-refractivity contribution is 0.473. The number of hydrogen-bond acceptors (Lipinski definition) is 2. The lowest BCUT2D eigenvalue weighted by Gasteiger charge is -1.98. The van der Waals surface area contributed by atoms with Gasteiger partial charge in [-0.25, -0.2) is 0 Å². The number of hydrogen-bond donors (Lipinski definition) is 2. The Morgan fingerprint density at radius 2 is 1.83 bits per heavy atom. The highest BCUT2D eigenvalue weighted by Gasteiger charge is 1.95. The largest absolute Gasteiger partial charge is 0.508 e. The van der Waals surface area contributed by atoms with Gasteiger partial charge in [-0.05, 0) is 35.0 Å². The highest BCUT2D eigenvalue weighted by molar-refractivity contribution is 5.84. The Morgan fingerprint density at radius 1 is 1.00 bits per heavy atom. The minimum absolute atomic E-state index is 0.119. The molecule has 0 aliphatic carbocycles. The van der Waals surface area contributed by atoms with Crippen molar-refractivity contribution in [3.8, 4) is 11.5 Å². The summed E-state index contributed by atoms with van der Waals surface area (Å²) in [5.41, 5.74) is 0. The van der Waals surface area contributed by atoms with E-state index in [4.69, 9.17) is 10.2 Å². The van der Waals surface area contributed by atoms with Crippen LogP contribution in [0.1, 0.15) is 0 Å². The third-order valence-electron chi connectivity index (χ3n) is 1.74. The fraction of sp³-hybridized carbons (Fsp3) is 0. The van der Waals surface area contributed by atoms with Crippen molar-refractivity contribution in [1.82, 2.24) is 0 Å². The highest BCUT2D eigenvalue weighted by atomic mass is 16.3. The minimum atomic E-state index is 0.119. The molecule has 0 saturated heterocycles. The summed E-state index contributed by atoms with van der Waals surface area (Å²) in [7, 11) is 0. The van der Waals surface area contributed by atoms with Crippen molar-refractivity contribution in [3.05, 3.63) is 36.4 Å². The van der Waals surface area contributed by atoms with E-state index in [9.17, 15) is 0 Å². The van der Waals surface area contributed by atoms with Gasteiger partial charge in [0.2, 0.25) is 0 Å². The standard InChI is InChI=1S/C10H7O2/c11-9-3-1-7-5-10(12)4-2-8(7)6-9/h1-3,5-6,11-12H. The summed E-state index contributed by atoms with van der Waals surface area (Å²) < 4.78 is 0. The molecule has 0 bridgehead atoms. The molecule has 12 heavy (non-hydrogen) atoms. The fourth-order valence-electron chi connectivity index (χ4n) is 1.16. The Kier molecular flexibility index (Phi) is 1.40. The number of benzene rings is 2. The second-order valence-electron chi connectivity index (χ2n) is 2.63. The summed E-state index contributed by atoms with van der Waals surface area (Å²) in [6, 6.07) is 10.9. The van der Waals surface area contributed by atoms with E-state index >= 15 is 0 Å². The Bertz CT molecular complexity index is 380. The van der Waals surface area contributed by atoms with E-state index in [-0.39, 0.29) is 11.5 Å². The van der Waals surface area contributed by atoms with E-state index < -0.39 is 0 Å². The average Bonchev–Trinajstić information content (AvgIpc) is 2.05. The molecule has 2 N–H and O–H groups in total. The van der Waals surface area contributed by atoms with E-state index in [1.807, 2.05) is 0 Å². The monoisotopic (exact) mass is 159 g/mol. The number of rotatable bonds is 0. The highest BCUT2D eigenvalue weighted by Crippen LogP contribution is 2.22. The number of phenolic OH excluding ortho intramolecular Hbond substituents is 2. The van der Waals surface area contributed by atoms with Crippen LogP contribution in [0.15, 0.2) is 30.3 Å². The molecular weight excluding hydrogens is 152 g/mol. The normalized spacial score (nSPS) is 10.3. The first-order chi connectivity index (χ1) is 5.75. The number of fused-ring (bicyclic) bond motifs is 1. The van der Waals surface area contributed by atoms with Crippen molar-refractivity contribution in [2.45, 2.75) is 0 Å². The second-order valence-corrected chi connectivity index (χ2v) is 2.63. The van der Waals surface area contributed by atoms with Crippen molar-refractivity contribution in [3.63, 3.8) is 0 Å². The summed E-state index contributed by atoms with van der Waals surface area (Å²) in [6.07, 6.45) is 0. The van der Waals surface area contributed by atoms with Crippen molar-refractivity contribution in [2.75, 3.05) is 0 Å². The van der Waals surface area contributed by atoms with Crippen LogP contribution in [0.5, 0.6) is 11.5 Å². The number of aromatic hydroxyl groups is 2. The first kappa shape index (κ1) is 6.98. The zero-order valence-electron chi connectivity index (χ0n) is 6.28. The van der Waals surface area contributed by atoms with Crippen LogP contribution < -0.4 is 0 Å². The van der Waals surface area contributed by atoms with Gasteiger partial charge < -0.3 is 10.2 Å². The van der Waals surface area contributed by atoms with Gasteiger partial charge in [0.1, 0.15) is 11.5 Å². The molecule has 2 rings (SSSR count). The molecule has 0 aliphatic rings. The molecule has 2 aromatic rings. The minimum Gasteiger partial charge on any atom is -0.508 e. The third-order valence-corrected chi connectivity index (χ3v) is 1.74. The molecule has 2 heteroatoms. The van der Waals surface area contributed by atoms with Crippen molar-refractivity contribution in [2.24, 2.45) is 0 Å². The molecule has 0 spiro atoms. The van der Waals surface area contributed by atoms with Gasteiger partial charge in [-0.15, -0.1) is 0 Å². The van der Waals surface area contributed by atoms with Crippen LogP contribution in [0.4, 0.5) is 0 Å². The maximum atomic E-state index is 9.12. The SMILES string of the molecule is Oc1[c]cc2cc(O)ccc2c1. The number of phenols is 2.